The van der Waals surface area contributed by atoms with Crippen LogP contribution in [0.3, 0.4) is 0 Å². The Labute approximate surface area is 236 Å². The van der Waals surface area contributed by atoms with Crippen LogP contribution in [0.4, 0.5) is 4.39 Å². The van der Waals surface area contributed by atoms with Crippen molar-refractivity contribution in [1.29, 1.82) is 0 Å². The lowest BCUT2D eigenvalue weighted by Gasteiger charge is -2.25. The monoisotopic (exact) mass is 543 g/mol. The van der Waals surface area contributed by atoms with Gasteiger partial charge >= 0.3 is 0 Å². The second kappa shape index (κ2) is 14.7. The molecule has 0 fully saturated rings. The predicted octanol–water partition coefficient (Wildman–Crippen LogP) is 7.77. The number of hydrogen-bond acceptors (Lipinski definition) is 4. The first kappa shape index (κ1) is 28.7. The maximum absolute atomic E-state index is 13.6. The molecule has 6 heteroatoms. The molecule has 3 aromatic carbocycles. The Morgan fingerprint density at radius 1 is 0.821 bits per heavy atom. The second-order valence-electron chi connectivity index (χ2n) is 9.92. The molecule has 0 unspecified atom stereocenters. The Morgan fingerprint density at radius 2 is 1.41 bits per heavy atom. The fraction of sp³-hybridized carbons (Fsp3) is 0.333. The number of halogens is 1. The van der Waals surface area contributed by atoms with E-state index in [0.29, 0.717) is 18.8 Å². The van der Waals surface area contributed by atoms with Gasteiger partial charge in [0.1, 0.15) is 16.5 Å². The van der Waals surface area contributed by atoms with Crippen molar-refractivity contribution in [2.75, 3.05) is 19.6 Å². The van der Waals surface area contributed by atoms with E-state index in [1.54, 1.807) is 0 Å². The van der Waals surface area contributed by atoms with Gasteiger partial charge in [0.2, 0.25) is 0 Å². The van der Waals surface area contributed by atoms with Crippen molar-refractivity contribution in [1.82, 2.24) is 14.8 Å². The van der Waals surface area contributed by atoms with E-state index in [1.165, 1.54) is 34.6 Å². The molecule has 39 heavy (non-hydrogen) atoms. The fourth-order valence-electron chi connectivity index (χ4n) is 4.96. The van der Waals surface area contributed by atoms with E-state index in [2.05, 4.69) is 79.4 Å². The van der Waals surface area contributed by atoms with Gasteiger partial charge in [-0.3, -0.25) is 9.69 Å². The van der Waals surface area contributed by atoms with Crippen molar-refractivity contribution in [2.24, 2.45) is 0 Å². The molecule has 0 spiro atoms. The van der Waals surface area contributed by atoms with E-state index in [0.717, 1.165) is 49.5 Å². The first-order chi connectivity index (χ1) is 19.1. The van der Waals surface area contributed by atoms with Gasteiger partial charge < -0.3 is 4.90 Å². The van der Waals surface area contributed by atoms with E-state index in [1.807, 2.05) is 22.4 Å². The summed E-state index contributed by atoms with van der Waals surface area (Å²) >= 11 is 1.54. The van der Waals surface area contributed by atoms with Crippen LogP contribution in [0.25, 0.3) is 0 Å². The van der Waals surface area contributed by atoms with Gasteiger partial charge in [-0.2, -0.15) is 0 Å². The van der Waals surface area contributed by atoms with Gasteiger partial charge in [0, 0.05) is 30.9 Å². The van der Waals surface area contributed by atoms with E-state index >= 15 is 0 Å². The van der Waals surface area contributed by atoms with Gasteiger partial charge in [0.25, 0.3) is 5.91 Å². The SMILES string of the molecule is CCCN(CCC)C(=O)c1csc(CN(CCC(c2ccccc2)c2ccccc2)Cc2ccc(F)cc2)n1. The molecule has 4 aromatic rings. The zero-order chi connectivity index (χ0) is 27.5. The smallest absolute Gasteiger partial charge is 0.273 e. The van der Waals surface area contributed by atoms with E-state index in [4.69, 9.17) is 4.98 Å². The molecule has 1 amide bonds. The molecule has 4 rings (SSSR count). The highest BCUT2D eigenvalue weighted by molar-refractivity contribution is 7.09. The molecule has 0 N–H and O–H groups in total. The maximum atomic E-state index is 13.6. The minimum absolute atomic E-state index is 0.0134. The standard InChI is InChI=1S/C33H38FN3OS/c1-3-20-37(21-4-2)33(38)31-25-39-32(35-31)24-36(23-26-15-17-29(34)18-16-26)22-19-30(27-11-7-5-8-12-27)28-13-9-6-10-14-28/h5-18,25,30H,3-4,19-24H2,1-2H3. The molecule has 0 saturated heterocycles. The minimum atomic E-state index is -0.231. The third-order valence-electron chi connectivity index (χ3n) is 6.86. The van der Waals surface area contributed by atoms with Crippen LogP contribution in [0.2, 0.25) is 0 Å². The van der Waals surface area contributed by atoms with Gasteiger partial charge in [-0.1, -0.05) is 86.6 Å². The van der Waals surface area contributed by atoms with E-state index in [9.17, 15) is 9.18 Å². The molecule has 0 aliphatic heterocycles. The van der Waals surface area contributed by atoms with Gasteiger partial charge in [-0.25, -0.2) is 9.37 Å². The number of carbonyl (C=O) groups excluding carboxylic acids is 1. The van der Waals surface area contributed by atoms with Crippen LogP contribution < -0.4 is 0 Å². The first-order valence-electron chi connectivity index (χ1n) is 13.9. The van der Waals surface area contributed by atoms with Crippen LogP contribution in [0.5, 0.6) is 0 Å². The molecule has 0 atom stereocenters. The molecular weight excluding hydrogens is 505 g/mol. The summed E-state index contributed by atoms with van der Waals surface area (Å²) in [4.78, 5) is 22.1. The molecule has 0 saturated carbocycles. The van der Waals surface area contributed by atoms with E-state index < -0.39 is 0 Å². The number of benzene rings is 3. The summed E-state index contributed by atoms with van der Waals surface area (Å²) in [6.07, 6.45) is 2.78. The average Bonchev–Trinajstić information content (AvgIpc) is 3.43. The van der Waals surface area contributed by atoms with Gasteiger partial charge in [-0.15, -0.1) is 11.3 Å². The first-order valence-corrected chi connectivity index (χ1v) is 14.8. The quantitative estimate of drug-likeness (QED) is 0.163. The molecule has 0 aliphatic carbocycles. The van der Waals surface area contributed by atoms with E-state index in [-0.39, 0.29) is 17.6 Å². The number of nitrogens with zero attached hydrogens (tertiary/aromatic N) is 3. The lowest BCUT2D eigenvalue weighted by Crippen LogP contribution is -2.32. The Hall–Kier alpha value is -3.35. The van der Waals surface area contributed by atoms with Crippen LogP contribution >= 0.6 is 11.3 Å². The van der Waals surface area contributed by atoms with Crippen LogP contribution in [0.1, 0.15) is 71.2 Å². The summed E-state index contributed by atoms with van der Waals surface area (Å²) in [7, 11) is 0. The molecule has 1 aromatic heterocycles. The summed E-state index contributed by atoms with van der Waals surface area (Å²) in [6.45, 7) is 7.81. The van der Waals surface area contributed by atoms with Crippen LogP contribution in [-0.2, 0) is 13.1 Å². The number of amides is 1. The molecule has 1 heterocycles. The number of aromatic nitrogens is 1. The van der Waals surface area contributed by atoms with Crippen molar-refractivity contribution in [3.8, 4) is 0 Å². The second-order valence-corrected chi connectivity index (χ2v) is 10.9. The summed E-state index contributed by atoms with van der Waals surface area (Å²) in [5.74, 6) is 0.0398. The molecular formula is C33H38FN3OS. The highest BCUT2D eigenvalue weighted by Gasteiger charge is 2.20. The third-order valence-corrected chi connectivity index (χ3v) is 7.69. The highest BCUT2D eigenvalue weighted by atomic mass is 32.1. The molecule has 0 bridgehead atoms. The average molecular weight is 544 g/mol. The lowest BCUT2D eigenvalue weighted by molar-refractivity contribution is 0.0750. The maximum Gasteiger partial charge on any atom is 0.273 e. The van der Waals surface area contributed by atoms with Crippen molar-refractivity contribution >= 4 is 17.2 Å². The van der Waals surface area contributed by atoms with Crippen LogP contribution in [0, 0.1) is 5.82 Å². The topological polar surface area (TPSA) is 36.4 Å². The highest BCUT2D eigenvalue weighted by Crippen LogP contribution is 2.29. The van der Waals surface area contributed by atoms with Crippen molar-refractivity contribution in [3.63, 3.8) is 0 Å². The Balaban J connectivity index is 1.53. The van der Waals surface area contributed by atoms with Crippen molar-refractivity contribution in [2.45, 2.75) is 52.1 Å². The summed E-state index contributed by atoms with van der Waals surface area (Å²) < 4.78 is 13.6. The Kier molecular flexibility index (Phi) is 10.8. The summed E-state index contributed by atoms with van der Waals surface area (Å²) in [5.41, 5.74) is 4.17. The predicted molar refractivity (Wildman–Crippen MR) is 158 cm³/mol. The normalized spacial score (nSPS) is 11.3. The van der Waals surface area contributed by atoms with Gasteiger partial charge in [-0.05, 0) is 54.6 Å². The van der Waals surface area contributed by atoms with Crippen LogP contribution in [-0.4, -0.2) is 40.3 Å². The summed E-state index contributed by atoms with van der Waals surface area (Å²) in [6, 6.07) is 28.0. The number of carbonyl (C=O) groups is 1. The molecule has 204 valence electrons. The fourth-order valence-corrected chi connectivity index (χ4v) is 5.77. The van der Waals surface area contributed by atoms with Crippen molar-refractivity contribution in [3.05, 3.63) is 124 Å². The Bertz CT molecular complexity index is 1230. The number of thiazole rings is 1. The Morgan fingerprint density at radius 3 is 1.97 bits per heavy atom. The van der Waals surface area contributed by atoms with Crippen molar-refractivity contribution < 1.29 is 9.18 Å². The zero-order valence-corrected chi connectivity index (χ0v) is 23.7. The minimum Gasteiger partial charge on any atom is -0.337 e. The lowest BCUT2D eigenvalue weighted by atomic mass is 9.88. The van der Waals surface area contributed by atoms with Gasteiger partial charge in [0.05, 0.1) is 6.54 Å². The number of rotatable bonds is 14. The zero-order valence-electron chi connectivity index (χ0n) is 22.9. The largest absolute Gasteiger partial charge is 0.337 e. The molecule has 4 nitrogen and oxygen atoms in total. The molecule has 0 radical (unpaired) electrons. The van der Waals surface area contributed by atoms with Crippen LogP contribution in [0.15, 0.2) is 90.3 Å². The summed E-state index contributed by atoms with van der Waals surface area (Å²) in [5, 5.41) is 2.81. The molecule has 0 aliphatic rings. The number of hydrogen-bond donors (Lipinski definition) is 0. The van der Waals surface area contributed by atoms with Gasteiger partial charge in [0.15, 0.2) is 0 Å². The third kappa shape index (κ3) is 8.32.